The Bertz CT molecular complexity index is 194. The normalized spacial score (nSPS) is 11.2. The Labute approximate surface area is 52.7 Å². The van der Waals surface area contributed by atoms with Gasteiger partial charge in [-0.2, -0.15) is 0 Å². The van der Waals surface area contributed by atoms with Gasteiger partial charge in [-0.3, -0.25) is 10.1 Å². The molecule has 0 aromatic heterocycles. The van der Waals surface area contributed by atoms with Crippen molar-refractivity contribution in [2.75, 3.05) is 11.6 Å². The van der Waals surface area contributed by atoms with Gasteiger partial charge in [-0.1, -0.05) is 6.92 Å². The summed E-state index contributed by atoms with van der Waals surface area (Å²) in [6, 6.07) is 0. The van der Waals surface area contributed by atoms with Gasteiger partial charge in [0.25, 0.3) is 0 Å². The molecule has 54 valence electrons. The van der Waals surface area contributed by atoms with Gasteiger partial charge in [-0.15, -0.1) is 0 Å². The van der Waals surface area contributed by atoms with Crippen LogP contribution < -0.4 is 0 Å². The maximum Gasteiger partial charge on any atom is 0.301 e. The van der Waals surface area contributed by atoms with E-state index in [0.717, 1.165) is 0 Å². The highest BCUT2D eigenvalue weighted by Crippen LogP contribution is 1.87. The lowest BCUT2D eigenvalue weighted by Crippen LogP contribution is -2.15. The van der Waals surface area contributed by atoms with Crippen LogP contribution in [0.3, 0.4) is 0 Å². The predicted octanol–water partition coefficient (Wildman–Crippen LogP) is -0.345. The van der Waals surface area contributed by atoms with E-state index in [1.54, 1.807) is 0 Å². The van der Waals surface area contributed by atoms with Crippen molar-refractivity contribution in [3.63, 3.8) is 0 Å². The lowest BCUT2D eigenvalue weighted by Gasteiger charge is -1.90. The van der Waals surface area contributed by atoms with Crippen LogP contribution in [0.5, 0.6) is 0 Å². The summed E-state index contributed by atoms with van der Waals surface area (Å²) in [5.74, 6) is -1.13. The Morgan fingerprint density at radius 2 is 2.00 bits per heavy atom. The van der Waals surface area contributed by atoms with Crippen LogP contribution in [0.1, 0.15) is 6.92 Å². The molecule has 0 fully saturated rings. The second-order valence-corrected chi connectivity index (χ2v) is 3.82. The molecular formula is C3H7NO4S. The Morgan fingerprint density at radius 1 is 1.56 bits per heavy atom. The highest BCUT2D eigenvalue weighted by molar-refractivity contribution is 7.91. The number of rotatable bonds is 3. The van der Waals surface area contributed by atoms with E-state index in [2.05, 4.69) is 0 Å². The molecule has 0 N–H and O–H groups in total. The molecule has 0 heterocycles. The van der Waals surface area contributed by atoms with Crippen molar-refractivity contribution in [1.29, 1.82) is 0 Å². The van der Waals surface area contributed by atoms with Crippen molar-refractivity contribution in [1.82, 2.24) is 0 Å². The molecule has 6 heteroatoms. The van der Waals surface area contributed by atoms with Gasteiger partial charge < -0.3 is 0 Å². The van der Waals surface area contributed by atoms with Gasteiger partial charge >= 0.3 is 5.88 Å². The Kier molecular flexibility index (Phi) is 2.57. The Morgan fingerprint density at radius 3 is 2.11 bits per heavy atom. The standard InChI is InChI=1S/C3H7NO4S/c1-2-9(7,8)3-4(5)6/h2-3H2,1H3. The average molecular weight is 153 g/mol. The summed E-state index contributed by atoms with van der Waals surface area (Å²) < 4.78 is 20.7. The minimum Gasteiger partial charge on any atom is -0.263 e. The van der Waals surface area contributed by atoms with Crippen LogP contribution in [0.15, 0.2) is 0 Å². The smallest absolute Gasteiger partial charge is 0.263 e. The van der Waals surface area contributed by atoms with E-state index in [4.69, 9.17) is 0 Å². The molecule has 0 aliphatic carbocycles. The predicted molar refractivity (Wildman–Crippen MR) is 31.3 cm³/mol. The van der Waals surface area contributed by atoms with Gasteiger partial charge in [-0.05, 0) is 0 Å². The van der Waals surface area contributed by atoms with Gasteiger partial charge in [0.2, 0.25) is 9.84 Å². The quantitative estimate of drug-likeness (QED) is 0.410. The second-order valence-electron chi connectivity index (χ2n) is 1.49. The van der Waals surface area contributed by atoms with E-state index < -0.39 is 20.6 Å². The van der Waals surface area contributed by atoms with Crippen molar-refractivity contribution < 1.29 is 13.3 Å². The molecule has 0 radical (unpaired) electrons. The van der Waals surface area contributed by atoms with E-state index in [1.807, 2.05) is 0 Å². The zero-order valence-corrected chi connectivity index (χ0v) is 5.72. The summed E-state index contributed by atoms with van der Waals surface area (Å²) >= 11 is 0. The molecule has 0 saturated carbocycles. The number of hydrogen-bond acceptors (Lipinski definition) is 4. The van der Waals surface area contributed by atoms with E-state index >= 15 is 0 Å². The first-order valence-electron chi connectivity index (χ1n) is 2.30. The molecule has 0 saturated heterocycles. The molecule has 0 aliphatic rings. The van der Waals surface area contributed by atoms with Crippen LogP contribution in [0, 0.1) is 10.1 Å². The van der Waals surface area contributed by atoms with E-state index in [1.165, 1.54) is 6.92 Å². The summed E-state index contributed by atoms with van der Waals surface area (Å²) in [6.07, 6.45) is 0. The fourth-order valence-corrected chi connectivity index (χ4v) is 0.756. The minimum absolute atomic E-state index is 0.173. The first kappa shape index (κ1) is 8.35. The molecule has 0 rings (SSSR count). The SMILES string of the molecule is CCS(=O)(=O)C[N+](=O)[O-]. The number of hydrogen-bond donors (Lipinski definition) is 0. The zero-order valence-electron chi connectivity index (χ0n) is 4.90. The van der Waals surface area contributed by atoms with Crippen LogP contribution in [0.4, 0.5) is 0 Å². The van der Waals surface area contributed by atoms with Crippen molar-refractivity contribution >= 4 is 9.84 Å². The van der Waals surface area contributed by atoms with Crippen LogP contribution in [0.25, 0.3) is 0 Å². The highest BCUT2D eigenvalue weighted by Gasteiger charge is 2.13. The summed E-state index contributed by atoms with van der Waals surface area (Å²) in [5, 5.41) is 9.60. The maximum atomic E-state index is 10.4. The largest absolute Gasteiger partial charge is 0.301 e. The topological polar surface area (TPSA) is 77.3 Å². The highest BCUT2D eigenvalue weighted by atomic mass is 32.2. The second kappa shape index (κ2) is 2.77. The lowest BCUT2D eigenvalue weighted by molar-refractivity contribution is -0.458. The van der Waals surface area contributed by atoms with Crippen molar-refractivity contribution in [3.8, 4) is 0 Å². The molecule has 0 spiro atoms. The number of nitrogens with zero attached hydrogens (tertiary/aromatic N) is 1. The monoisotopic (exact) mass is 153 g/mol. The summed E-state index contributed by atoms with van der Waals surface area (Å²) in [7, 11) is -3.42. The van der Waals surface area contributed by atoms with E-state index in [0.29, 0.717) is 0 Å². The summed E-state index contributed by atoms with van der Waals surface area (Å²) in [6.45, 7) is 1.37. The average Bonchev–Trinajstić information content (AvgIpc) is 1.63. The third-order valence-corrected chi connectivity index (χ3v) is 2.23. The molecule has 0 aromatic carbocycles. The van der Waals surface area contributed by atoms with E-state index in [-0.39, 0.29) is 5.75 Å². The molecular weight excluding hydrogens is 146 g/mol. The molecule has 0 aromatic rings. The molecule has 0 amide bonds. The molecule has 0 atom stereocenters. The Balaban J connectivity index is 4.06. The van der Waals surface area contributed by atoms with Crippen LogP contribution in [-0.2, 0) is 9.84 Å². The van der Waals surface area contributed by atoms with E-state index in [9.17, 15) is 18.5 Å². The fraction of sp³-hybridized carbons (Fsp3) is 1.00. The van der Waals surface area contributed by atoms with Crippen molar-refractivity contribution in [3.05, 3.63) is 10.1 Å². The van der Waals surface area contributed by atoms with Gasteiger partial charge in [0.1, 0.15) is 0 Å². The van der Waals surface area contributed by atoms with Gasteiger partial charge in [0.05, 0.1) is 5.75 Å². The molecule has 0 bridgehead atoms. The first-order chi connectivity index (χ1) is 3.98. The molecule has 5 nitrogen and oxygen atoms in total. The maximum absolute atomic E-state index is 10.4. The van der Waals surface area contributed by atoms with Crippen LogP contribution in [-0.4, -0.2) is 25.0 Å². The van der Waals surface area contributed by atoms with Crippen LogP contribution >= 0.6 is 0 Å². The number of nitro groups is 1. The molecule has 0 unspecified atom stereocenters. The number of sulfone groups is 1. The van der Waals surface area contributed by atoms with Crippen molar-refractivity contribution in [2.24, 2.45) is 0 Å². The fourth-order valence-electron chi connectivity index (χ4n) is 0.252. The van der Waals surface area contributed by atoms with Gasteiger partial charge in [-0.25, -0.2) is 8.42 Å². The lowest BCUT2D eigenvalue weighted by atomic mass is 11.0. The Hall–Kier alpha value is -0.650. The third-order valence-electron chi connectivity index (χ3n) is 0.742. The zero-order chi connectivity index (χ0) is 7.49. The first-order valence-corrected chi connectivity index (χ1v) is 4.12. The molecule has 9 heavy (non-hydrogen) atoms. The minimum atomic E-state index is -3.42. The summed E-state index contributed by atoms with van der Waals surface area (Å²) in [4.78, 5) is 8.75. The molecule has 0 aliphatic heterocycles. The van der Waals surface area contributed by atoms with Gasteiger partial charge in [0.15, 0.2) is 0 Å². The van der Waals surface area contributed by atoms with Gasteiger partial charge in [0, 0.05) is 4.92 Å². The summed E-state index contributed by atoms with van der Waals surface area (Å²) in [5.41, 5.74) is 0. The van der Waals surface area contributed by atoms with Crippen LogP contribution in [0.2, 0.25) is 0 Å². The van der Waals surface area contributed by atoms with Crippen molar-refractivity contribution in [2.45, 2.75) is 6.92 Å². The third kappa shape index (κ3) is 3.89.